The van der Waals surface area contributed by atoms with E-state index in [0.29, 0.717) is 12.2 Å². The number of H-pyrrole nitrogens is 1. The fourth-order valence-corrected chi connectivity index (χ4v) is 2.06. The van der Waals surface area contributed by atoms with Gasteiger partial charge in [0.05, 0.1) is 22.7 Å². The third kappa shape index (κ3) is 2.47. The van der Waals surface area contributed by atoms with Crippen LogP contribution in [0, 0.1) is 18.3 Å². The molecule has 0 fully saturated rings. The molecule has 0 bridgehead atoms. The van der Waals surface area contributed by atoms with Crippen LogP contribution >= 0.6 is 0 Å². The van der Waals surface area contributed by atoms with Crippen molar-refractivity contribution in [2.45, 2.75) is 13.5 Å². The molecule has 0 aliphatic carbocycles. The first kappa shape index (κ1) is 12.2. The number of nitrogens with one attached hydrogen (secondary N) is 1. The number of aromatic nitrogens is 2. The van der Waals surface area contributed by atoms with Crippen molar-refractivity contribution in [2.75, 3.05) is 0 Å². The third-order valence-corrected chi connectivity index (χ3v) is 3.03. The Morgan fingerprint density at radius 3 is 2.95 bits per heavy atom. The van der Waals surface area contributed by atoms with Gasteiger partial charge in [-0.3, -0.25) is 0 Å². The van der Waals surface area contributed by atoms with Crippen LogP contribution in [0.3, 0.4) is 0 Å². The molecule has 0 unspecified atom stereocenters. The number of hydrogen-bond acceptors (Lipinski definition) is 3. The average Bonchev–Trinajstić information content (AvgIpc) is 2.87. The number of hydrogen-bond donors (Lipinski definition) is 1. The number of imidazole rings is 1. The first-order valence-electron chi connectivity index (χ1n) is 6.33. The maximum absolute atomic E-state index is 8.87. The monoisotopic (exact) mass is 263 g/mol. The summed E-state index contributed by atoms with van der Waals surface area (Å²) >= 11 is 0. The number of benzene rings is 2. The minimum atomic E-state index is 0.375. The summed E-state index contributed by atoms with van der Waals surface area (Å²) in [4.78, 5) is 7.60. The van der Waals surface area contributed by atoms with E-state index in [1.807, 2.05) is 37.3 Å². The Morgan fingerprint density at radius 2 is 2.15 bits per heavy atom. The molecule has 1 aromatic heterocycles. The molecule has 3 rings (SSSR count). The van der Waals surface area contributed by atoms with Crippen molar-refractivity contribution in [1.82, 2.24) is 9.97 Å². The van der Waals surface area contributed by atoms with Gasteiger partial charge < -0.3 is 9.72 Å². The second-order valence-electron chi connectivity index (χ2n) is 4.63. The summed E-state index contributed by atoms with van der Waals surface area (Å²) < 4.78 is 5.70. The van der Waals surface area contributed by atoms with E-state index < -0.39 is 0 Å². The molecule has 0 aliphatic rings. The molecule has 20 heavy (non-hydrogen) atoms. The highest BCUT2D eigenvalue weighted by atomic mass is 16.5. The largest absolute Gasteiger partial charge is 0.486 e. The van der Waals surface area contributed by atoms with Crippen LogP contribution in [0.5, 0.6) is 5.75 Å². The highest BCUT2D eigenvalue weighted by Gasteiger charge is 2.04. The van der Waals surface area contributed by atoms with E-state index in [1.54, 1.807) is 12.1 Å². The van der Waals surface area contributed by atoms with E-state index in [2.05, 4.69) is 16.0 Å². The SMILES string of the molecule is Cc1cccc(OCc2nc3ccc(C#N)cc3[nH]2)c1. The van der Waals surface area contributed by atoms with Crippen molar-refractivity contribution < 1.29 is 4.74 Å². The molecule has 1 heterocycles. The summed E-state index contributed by atoms with van der Waals surface area (Å²) in [6.45, 7) is 2.40. The lowest BCUT2D eigenvalue weighted by Gasteiger charge is -2.04. The number of nitriles is 1. The van der Waals surface area contributed by atoms with Gasteiger partial charge >= 0.3 is 0 Å². The molecule has 0 saturated carbocycles. The van der Waals surface area contributed by atoms with Gasteiger partial charge in [-0.1, -0.05) is 12.1 Å². The zero-order chi connectivity index (χ0) is 13.9. The zero-order valence-corrected chi connectivity index (χ0v) is 11.1. The molecule has 0 aliphatic heterocycles. The predicted molar refractivity (Wildman–Crippen MR) is 76.3 cm³/mol. The molecular weight excluding hydrogens is 250 g/mol. The van der Waals surface area contributed by atoms with E-state index in [0.717, 1.165) is 28.2 Å². The molecule has 4 nitrogen and oxygen atoms in total. The Bertz CT molecular complexity index is 799. The summed E-state index contributed by atoms with van der Waals surface area (Å²) in [5.41, 5.74) is 3.47. The lowest BCUT2D eigenvalue weighted by atomic mass is 10.2. The van der Waals surface area contributed by atoms with Crippen molar-refractivity contribution in [1.29, 1.82) is 5.26 Å². The van der Waals surface area contributed by atoms with Gasteiger partial charge in [-0.2, -0.15) is 5.26 Å². The Hall–Kier alpha value is -2.80. The van der Waals surface area contributed by atoms with E-state index in [1.165, 1.54) is 0 Å². The number of rotatable bonds is 3. The van der Waals surface area contributed by atoms with Crippen LogP contribution in [-0.4, -0.2) is 9.97 Å². The van der Waals surface area contributed by atoms with E-state index in [4.69, 9.17) is 10.00 Å². The number of aryl methyl sites for hydroxylation is 1. The van der Waals surface area contributed by atoms with E-state index in [9.17, 15) is 0 Å². The lowest BCUT2D eigenvalue weighted by molar-refractivity contribution is 0.297. The minimum absolute atomic E-state index is 0.375. The highest BCUT2D eigenvalue weighted by molar-refractivity contribution is 5.76. The standard InChI is InChI=1S/C16H13N3O/c1-11-3-2-4-13(7-11)20-10-16-18-14-6-5-12(9-17)8-15(14)19-16/h2-8H,10H2,1H3,(H,18,19). The molecule has 0 radical (unpaired) electrons. The van der Waals surface area contributed by atoms with Crippen molar-refractivity contribution in [3.8, 4) is 11.8 Å². The Labute approximate surface area is 116 Å². The second kappa shape index (κ2) is 5.06. The van der Waals surface area contributed by atoms with Gasteiger partial charge in [-0.15, -0.1) is 0 Å². The van der Waals surface area contributed by atoms with E-state index >= 15 is 0 Å². The maximum Gasteiger partial charge on any atom is 0.146 e. The lowest BCUT2D eigenvalue weighted by Crippen LogP contribution is -1.97. The molecule has 98 valence electrons. The highest BCUT2D eigenvalue weighted by Crippen LogP contribution is 2.16. The molecular formula is C16H13N3O. The molecule has 0 amide bonds. The van der Waals surface area contributed by atoms with Crippen LogP contribution in [0.15, 0.2) is 42.5 Å². The summed E-state index contributed by atoms with van der Waals surface area (Å²) in [5.74, 6) is 1.57. The molecule has 1 N–H and O–H groups in total. The summed E-state index contributed by atoms with van der Waals surface area (Å²) in [6, 6.07) is 15.4. The van der Waals surface area contributed by atoms with Gasteiger partial charge in [-0.05, 0) is 42.8 Å². The van der Waals surface area contributed by atoms with Gasteiger partial charge in [0.2, 0.25) is 0 Å². The van der Waals surface area contributed by atoms with Gasteiger partial charge in [0.15, 0.2) is 0 Å². The van der Waals surface area contributed by atoms with Crippen molar-refractivity contribution in [3.63, 3.8) is 0 Å². The predicted octanol–water partition coefficient (Wildman–Crippen LogP) is 3.32. The molecule has 4 heteroatoms. The fraction of sp³-hybridized carbons (Fsp3) is 0.125. The molecule has 0 spiro atoms. The van der Waals surface area contributed by atoms with Gasteiger partial charge in [0.25, 0.3) is 0 Å². The van der Waals surface area contributed by atoms with Crippen LogP contribution in [0.1, 0.15) is 17.0 Å². The van der Waals surface area contributed by atoms with Gasteiger partial charge in [0.1, 0.15) is 18.2 Å². The Kier molecular flexibility index (Phi) is 3.10. The van der Waals surface area contributed by atoms with Crippen LogP contribution in [-0.2, 0) is 6.61 Å². The van der Waals surface area contributed by atoms with Crippen LogP contribution in [0.4, 0.5) is 0 Å². The third-order valence-electron chi connectivity index (χ3n) is 3.03. The smallest absolute Gasteiger partial charge is 0.146 e. The minimum Gasteiger partial charge on any atom is -0.486 e. The van der Waals surface area contributed by atoms with Crippen LogP contribution < -0.4 is 4.74 Å². The summed E-state index contributed by atoms with van der Waals surface area (Å²) in [5, 5.41) is 8.87. The first-order chi connectivity index (χ1) is 9.74. The topological polar surface area (TPSA) is 61.7 Å². The summed E-state index contributed by atoms with van der Waals surface area (Å²) in [6.07, 6.45) is 0. The number of ether oxygens (including phenoxy) is 1. The second-order valence-corrected chi connectivity index (χ2v) is 4.63. The van der Waals surface area contributed by atoms with Gasteiger partial charge in [0, 0.05) is 0 Å². The number of nitrogens with zero attached hydrogens (tertiary/aromatic N) is 2. The van der Waals surface area contributed by atoms with Crippen LogP contribution in [0.2, 0.25) is 0 Å². The Balaban J connectivity index is 1.79. The molecule has 3 aromatic rings. The first-order valence-corrected chi connectivity index (χ1v) is 6.33. The fourth-order valence-electron chi connectivity index (χ4n) is 2.06. The van der Waals surface area contributed by atoms with Crippen molar-refractivity contribution in [2.24, 2.45) is 0 Å². The van der Waals surface area contributed by atoms with Crippen molar-refractivity contribution >= 4 is 11.0 Å². The van der Waals surface area contributed by atoms with Crippen molar-refractivity contribution in [3.05, 3.63) is 59.4 Å². The molecule has 0 atom stereocenters. The van der Waals surface area contributed by atoms with E-state index in [-0.39, 0.29) is 0 Å². The quantitative estimate of drug-likeness (QED) is 0.788. The normalized spacial score (nSPS) is 10.4. The molecule has 0 saturated heterocycles. The number of aromatic amines is 1. The van der Waals surface area contributed by atoms with Gasteiger partial charge in [-0.25, -0.2) is 4.98 Å². The molecule has 2 aromatic carbocycles. The maximum atomic E-state index is 8.87. The number of fused-ring (bicyclic) bond motifs is 1. The average molecular weight is 263 g/mol. The zero-order valence-electron chi connectivity index (χ0n) is 11.1. The summed E-state index contributed by atoms with van der Waals surface area (Å²) in [7, 11) is 0. The Morgan fingerprint density at radius 1 is 1.25 bits per heavy atom. The van der Waals surface area contributed by atoms with Crippen LogP contribution in [0.25, 0.3) is 11.0 Å².